The monoisotopic (exact) mass is 579 g/mol. The van der Waals surface area contributed by atoms with E-state index in [9.17, 15) is 0 Å². The summed E-state index contributed by atoms with van der Waals surface area (Å²) >= 11 is 1.36. The molecule has 1 atom stereocenters. The van der Waals surface area contributed by atoms with Crippen LogP contribution in [0.5, 0.6) is 0 Å². The molecular weight excluding hydrogens is 547 g/mol. The van der Waals surface area contributed by atoms with Crippen LogP contribution in [0.3, 0.4) is 0 Å². The first kappa shape index (κ1) is 33.8. The Kier molecular flexibility index (Phi) is 16.4. The molecule has 0 fully saturated rings. The number of rotatable bonds is 6. The van der Waals surface area contributed by atoms with Crippen LogP contribution in [0.1, 0.15) is 35.4 Å². The van der Waals surface area contributed by atoms with Crippen molar-refractivity contribution in [2.24, 2.45) is 0 Å². The zero-order chi connectivity index (χ0) is 20.1. The quantitative estimate of drug-likeness (QED) is 0.162. The van der Waals surface area contributed by atoms with Crippen molar-refractivity contribution in [3.8, 4) is 0 Å². The standard InChI is InChI=1S/C24H27OSi.2CH3.2ClH.Si.Zr/c1-26(2,3)25-16-8-11-20-17-19-10-5-7-13-22(19)24(20)23-15-14-18-9-4-6-12-21(18)23;;;;;;/h4-7,9-10,12-15,17,24H,8,11,16H2,1-3H3;2*1H3;2*1H;;/q3*-1;;;;. The first-order valence-electron chi connectivity index (χ1n) is 9.86. The van der Waals surface area contributed by atoms with Crippen molar-refractivity contribution in [2.75, 3.05) is 6.61 Å². The van der Waals surface area contributed by atoms with Gasteiger partial charge in [0.1, 0.15) is 0 Å². The van der Waals surface area contributed by atoms with Gasteiger partial charge in [-0.05, 0) is 49.5 Å². The van der Waals surface area contributed by atoms with Gasteiger partial charge in [0.15, 0.2) is 8.32 Å². The summed E-state index contributed by atoms with van der Waals surface area (Å²) in [5, 5.41) is 2.73. The summed E-state index contributed by atoms with van der Waals surface area (Å²) in [6.45, 7) is 10.7. The fourth-order valence-electron chi connectivity index (χ4n) is 4.05. The Morgan fingerprint density at radius 1 is 0.938 bits per heavy atom. The van der Waals surface area contributed by atoms with Crippen LogP contribution in [0.2, 0.25) is 19.6 Å². The van der Waals surface area contributed by atoms with Crippen LogP contribution in [-0.2, 0) is 27.8 Å². The van der Waals surface area contributed by atoms with Crippen molar-refractivity contribution in [1.29, 1.82) is 0 Å². The molecule has 3 aromatic carbocycles. The molecule has 174 valence electrons. The van der Waals surface area contributed by atoms with Crippen LogP contribution in [-0.4, -0.2) is 21.8 Å². The van der Waals surface area contributed by atoms with Crippen molar-refractivity contribution in [3.05, 3.63) is 97.8 Å². The Labute approximate surface area is 225 Å². The third-order valence-corrected chi connectivity index (χ3v) is 6.26. The molecule has 0 heterocycles. The Balaban J connectivity index is 0. The number of benzene rings is 2. The van der Waals surface area contributed by atoms with E-state index in [4.69, 9.17) is 4.43 Å². The zero-order valence-corrected chi connectivity index (χ0v) is 25.9. The Morgan fingerprint density at radius 2 is 1.56 bits per heavy atom. The van der Waals surface area contributed by atoms with Crippen molar-refractivity contribution in [2.45, 2.75) is 38.4 Å². The van der Waals surface area contributed by atoms with E-state index in [1.54, 1.807) is 0 Å². The maximum atomic E-state index is 6.07. The van der Waals surface area contributed by atoms with Crippen LogP contribution >= 0.6 is 24.8 Å². The van der Waals surface area contributed by atoms with Crippen LogP contribution < -0.4 is 0 Å². The molecule has 6 heteroatoms. The Hall–Kier alpha value is -0.353. The summed E-state index contributed by atoms with van der Waals surface area (Å²) in [5.41, 5.74) is 5.80. The van der Waals surface area contributed by atoms with Crippen molar-refractivity contribution in [1.82, 2.24) is 0 Å². The van der Waals surface area contributed by atoms with Gasteiger partial charge in [0.05, 0.1) is 0 Å². The second-order valence-electron chi connectivity index (χ2n) is 8.22. The van der Waals surface area contributed by atoms with Crippen LogP contribution in [0.4, 0.5) is 0 Å². The van der Waals surface area contributed by atoms with Gasteiger partial charge in [0, 0.05) is 6.61 Å². The molecule has 0 bridgehead atoms. The summed E-state index contributed by atoms with van der Waals surface area (Å²) in [7, 11) is -1.42. The van der Waals surface area contributed by atoms with E-state index in [0.717, 1.165) is 19.4 Å². The van der Waals surface area contributed by atoms with Gasteiger partial charge in [-0.1, -0.05) is 42.0 Å². The van der Waals surface area contributed by atoms with E-state index in [-0.39, 0.29) is 39.7 Å². The Morgan fingerprint density at radius 3 is 2.25 bits per heavy atom. The molecule has 0 N–H and O–H groups in total. The Bertz CT molecular complexity index is 979. The van der Waals surface area contributed by atoms with Gasteiger partial charge in [0.2, 0.25) is 0 Å². The van der Waals surface area contributed by atoms with Crippen LogP contribution in [0.15, 0.2) is 66.2 Å². The number of hydrogen-bond acceptors (Lipinski definition) is 1. The molecule has 3 aromatic rings. The molecule has 2 radical (unpaired) electrons. The second kappa shape index (κ2) is 15.5. The predicted octanol–water partition coefficient (Wildman–Crippen LogP) is 8.08. The fraction of sp³-hybridized carbons (Fsp3) is 0.269. The number of fused-ring (bicyclic) bond motifs is 2. The first-order valence-corrected chi connectivity index (χ1v) is 17.5. The molecule has 0 amide bonds. The molecule has 0 saturated carbocycles. The summed E-state index contributed by atoms with van der Waals surface area (Å²) in [4.78, 5) is 0. The number of hydrogen-bond donors (Lipinski definition) is 0. The zero-order valence-electron chi connectivity index (χ0n) is 19.8. The number of halogens is 2. The molecule has 4 rings (SSSR count). The van der Waals surface area contributed by atoms with Gasteiger partial charge < -0.3 is 19.3 Å². The van der Waals surface area contributed by atoms with E-state index in [2.05, 4.69) is 93.3 Å². The minimum absolute atomic E-state index is 0. The van der Waals surface area contributed by atoms with E-state index in [0.29, 0.717) is 5.92 Å². The average molecular weight is 582 g/mol. The van der Waals surface area contributed by atoms with Gasteiger partial charge in [-0.15, -0.1) is 65.4 Å². The van der Waals surface area contributed by atoms with Crippen molar-refractivity contribution < 1.29 is 27.8 Å². The molecule has 0 aliphatic heterocycles. The van der Waals surface area contributed by atoms with Crippen LogP contribution in [0.25, 0.3) is 16.8 Å². The second-order valence-corrected chi connectivity index (χ2v) is 12.7. The molecule has 1 aliphatic carbocycles. The summed E-state index contributed by atoms with van der Waals surface area (Å²) < 4.78 is 6.07. The summed E-state index contributed by atoms with van der Waals surface area (Å²) in [5.74, 6) is 0.387. The summed E-state index contributed by atoms with van der Waals surface area (Å²) in [6, 6.07) is 22.2. The van der Waals surface area contributed by atoms with Crippen LogP contribution in [0, 0.1) is 14.9 Å². The van der Waals surface area contributed by atoms with Gasteiger partial charge in [-0.3, -0.25) is 0 Å². The minimum atomic E-state index is -1.42. The predicted molar refractivity (Wildman–Crippen MR) is 147 cm³/mol. The van der Waals surface area contributed by atoms with E-state index in [1.165, 1.54) is 56.4 Å². The molecule has 0 saturated heterocycles. The topological polar surface area (TPSA) is 9.23 Å². The molecule has 32 heavy (non-hydrogen) atoms. The summed E-state index contributed by atoms with van der Waals surface area (Å²) in [6.07, 6.45) is 4.61. The van der Waals surface area contributed by atoms with Crippen molar-refractivity contribution in [3.63, 3.8) is 0 Å². The molecule has 1 unspecified atom stereocenters. The molecular formula is C26H35Cl2OSi2Zr-3. The van der Waals surface area contributed by atoms with Gasteiger partial charge >= 0.3 is 30.2 Å². The molecule has 1 nitrogen and oxygen atoms in total. The molecule has 0 spiro atoms. The van der Waals surface area contributed by atoms with Gasteiger partial charge in [-0.2, -0.15) is 6.07 Å². The average Bonchev–Trinajstić information content (AvgIpc) is 3.27. The van der Waals surface area contributed by atoms with E-state index < -0.39 is 8.32 Å². The molecule has 0 aromatic heterocycles. The van der Waals surface area contributed by atoms with E-state index >= 15 is 0 Å². The number of allylic oxidation sites excluding steroid dienone is 1. The van der Waals surface area contributed by atoms with Gasteiger partial charge in [-0.25, -0.2) is 0 Å². The SMILES string of the molecule is C[Si](C)(C)OCCCC1=Cc2ccccc2C1[c-]1ccc2ccccc21.Cl.Cl.[CH3-].[CH3-].[Si]=[Zr]. The van der Waals surface area contributed by atoms with Crippen molar-refractivity contribution >= 4 is 56.9 Å². The van der Waals surface area contributed by atoms with Gasteiger partial charge in [0.25, 0.3) is 0 Å². The fourth-order valence-corrected chi connectivity index (χ4v) is 4.81. The third kappa shape index (κ3) is 8.15. The molecule has 1 aliphatic rings. The maximum absolute atomic E-state index is 6.07. The first-order chi connectivity index (χ1) is 13.5. The normalized spacial score (nSPS) is 13.7. The van der Waals surface area contributed by atoms with E-state index in [1.807, 2.05) is 0 Å². The third-order valence-electron chi connectivity index (χ3n) is 5.19.